The SMILES string of the molecule is CC(O)CC(C)(C)CNC(=O)c1cc2c(s1)CCC(C)C2. The van der Waals surface area contributed by atoms with Gasteiger partial charge < -0.3 is 10.4 Å². The zero-order valence-corrected chi connectivity index (χ0v) is 14.3. The molecular weight excluding hydrogens is 282 g/mol. The number of rotatable bonds is 5. The standard InChI is InChI=1S/C17H27NO2S/c1-11-5-6-14-13(7-11)8-15(21-14)16(20)18-10-17(3,4)9-12(2)19/h8,11-12,19H,5-7,9-10H2,1-4H3,(H,18,20). The lowest BCUT2D eigenvalue weighted by Gasteiger charge is -2.26. The number of aliphatic hydroxyl groups excluding tert-OH is 1. The molecule has 2 N–H and O–H groups in total. The maximum Gasteiger partial charge on any atom is 0.261 e. The van der Waals surface area contributed by atoms with Gasteiger partial charge in [-0.1, -0.05) is 20.8 Å². The second kappa shape index (κ2) is 6.49. The number of hydrogen-bond donors (Lipinski definition) is 2. The lowest BCUT2D eigenvalue weighted by atomic mass is 9.87. The predicted octanol–water partition coefficient (Wildman–Crippen LogP) is 3.40. The average molecular weight is 309 g/mol. The predicted molar refractivity (Wildman–Crippen MR) is 87.9 cm³/mol. The van der Waals surface area contributed by atoms with E-state index in [0.29, 0.717) is 13.0 Å². The first-order chi connectivity index (χ1) is 9.77. The third-order valence-electron chi connectivity index (χ3n) is 4.13. The molecule has 118 valence electrons. The van der Waals surface area contributed by atoms with Crippen molar-refractivity contribution < 1.29 is 9.90 Å². The molecule has 4 heteroatoms. The summed E-state index contributed by atoms with van der Waals surface area (Å²) in [6.45, 7) is 8.80. The Labute approximate surface area is 131 Å². The Hall–Kier alpha value is -0.870. The van der Waals surface area contributed by atoms with E-state index in [9.17, 15) is 9.90 Å². The zero-order chi connectivity index (χ0) is 15.6. The molecule has 0 saturated heterocycles. The molecule has 0 aliphatic heterocycles. The van der Waals surface area contributed by atoms with Crippen LogP contribution >= 0.6 is 11.3 Å². The van der Waals surface area contributed by atoms with Gasteiger partial charge in [-0.25, -0.2) is 0 Å². The van der Waals surface area contributed by atoms with Gasteiger partial charge in [0.25, 0.3) is 5.91 Å². The first kappa shape index (κ1) is 16.5. The summed E-state index contributed by atoms with van der Waals surface area (Å²) in [5.74, 6) is 0.758. The van der Waals surface area contributed by atoms with Gasteiger partial charge in [0.2, 0.25) is 0 Å². The van der Waals surface area contributed by atoms with E-state index in [1.54, 1.807) is 18.3 Å². The molecule has 0 spiro atoms. The molecule has 0 bridgehead atoms. The quantitative estimate of drug-likeness (QED) is 0.876. The van der Waals surface area contributed by atoms with Gasteiger partial charge in [0.1, 0.15) is 0 Å². The topological polar surface area (TPSA) is 49.3 Å². The summed E-state index contributed by atoms with van der Waals surface area (Å²) >= 11 is 1.65. The van der Waals surface area contributed by atoms with Crippen LogP contribution in [0.4, 0.5) is 0 Å². The van der Waals surface area contributed by atoms with E-state index >= 15 is 0 Å². The van der Waals surface area contributed by atoms with Crippen molar-refractivity contribution in [1.82, 2.24) is 5.32 Å². The minimum atomic E-state index is -0.340. The summed E-state index contributed by atoms with van der Waals surface area (Å²) in [5, 5.41) is 12.5. The highest BCUT2D eigenvalue weighted by atomic mass is 32.1. The highest BCUT2D eigenvalue weighted by Crippen LogP contribution is 2.32. The number of nitrogens with one attached hydrogen (secondary N) is 1. The van der Waals surface area contributed by atoms with Gasteiger partial charge in [0.15, 0.2) is 0 Å². The van der Waals surface area contributed by atoms with E-state index in [2.05, 4.69) is 32.2 Å². The van der Waals surface area contributed by atoms with Crippen LogP contribution in [0.2, 0.25) is 0 Å². The van der Waals surface area contributed by atoms with Gasteiger partial charge in [-0.05, 0) is 55.6 Å². The van der Waals surface area contributed by atoms with Crippen LogP contribution in [0, 0.1) is 11.3 Å². The molecule has 0 fully saturated rings. The molecule has 0 aromatic carbocycles. The van der Waals surface area contributed by atoms with Gasteiger partial charge in [-0.2, -0.15) is 0 Å². The minimum Gasteiger partial charge on any atom is -0.393 e. The molecule has 1 aromatic rings. The largest absolute Gasteiger partial charge is 0.393 e. The van der Waals surface area contributed by atoms with Crippen LogP contribution in [0.1, 0.15) is 60.6 Å². The van der Waals surface area contributed by atoms with Crippen molar-refractivity contribution in [2.45, 2.75) is 59.5 Å². The highest BCUT2D eigenvalue weighted by molar-refractivity contribution is 7.14. The average Bonchev–Trinajstić information content (AvgIpc) is 2.77. The Balaban J connectivity index is 1.95. The summed E-state index contributed by atoms with van der Waals surface area (Å²) in [6.07, 6.45) is 3.79. The fourth-order valence-electron chi connectivity index (χ4n) is 3.10. The summed E-state index contributed by atoms with van der Waals surface area (Å²) in [5.41, 5.74) is 1.28. The van der Waals surface area contributed by atoms with Crippen molar-refractivity contribution in [3.05, 3.63) is 21.4 Å². The van der Waals surface area contributed by atoms with Crippen LogP contribution in [-0.2, 0) is 12.8 Å². The van der Waals surface area contributed by atoms with E-state index < -0.39 is 0 Å². The van der Waals surface area contributed by atoms with Gasteiger partial charge in [-0.15, -0.1) is 11.3 Å². The Kier molecular flexibility index (Phi) is 5.10. The van der Waals surface area contributed by atoms with Crippen molar-refractivity contribution in [3.8, 4) is 0 Å². The van der Waals surface area contributed by atoms with E-state index in [1.165, 1.54) is 16.9 Å². The smallest absolute Gasteiger partial charge is 0.261 e. The Morgan fingerprint density at radius 1 is 1.57 bits per heavy atom. The second-order valence-corrected chi connectivity index (χ2v) is 8.44. The molecule has 1 amide bonds. The van der Waals surface area contributed by atoms with E-state index in [1.807, 2.05) is 0 Å². The van der Waals surface area contributed by atoms with Gasteiger partial charge in [-0.3, -0.25) is 4.79 Å². The number of thiophene rings is 1. The molecule has 0 radical (unpaired) electrons. The normalized spacial score (nSPS) is 20.0. The van der Waals surface area contributed by atoms with Crippen molar-refractivity contribution in [2.24, 2.45) is 11.3 Å². The Bertz CT molecular complexity index is 505. The van der Waals surface area contributed by atoms with Gasteiger partial charge in [0.05, 0.1) is 11.0 Å². The van der Waals surface area contributed by atoms with Crippen molar-refractivity contribution in [1.29, 1.82) is 0 Å². The number of aryl methyl sites for hydroxylation is 1. The van der Waals surface area contributed by atoms with Crippen LogP contribution < -0.4 is 5.32 Å². The Morgan fingerprint density at radius 3 is 2.95 bits per heavy atom. The van der Waals surface area contributed by atoms with Crippen molar-refractivity contribution >= 4 is 17.2 Å². The maximum atomic E-state index is 12.3. The number of aliphatic hydroxyl groups is 1. The summed E-state index contributed by atoms with van der Waals surface area (Å²) in [4.78, 5) is 14.5. The fourth-order valence-corrected chi connectivity index (χ4v) is 4.22. The number of carbonyl (C=O) groups excluding carboxylic acids is 1. The molecular formula is C17H27NO2S. The summed E-state index contributed by atoms with van der Waals surface area (Å²) in [6, 6.07) is 2.08. The third-order valence-corrected chi connectivity index (χ3v) is 5.36. The minimum absolute atomic E-state index is 0.0284. The molecule has 2 rings (SSSR count). The van der Waals surface area contributed by atoms with E-state index in [0.717, 1.165) is 23.6 Å². The second-order valence-electron chi connectivity index (χ2n) is 7.31. The summed E-state index contributed by atoms with van der Waals surface area (Å²) < 4.78 is 0. The monoisotopic (exact) mass is 309 g/mol. The molecule has 3 nitrogen and oxygen atoms in total. The van der Waals surface area contributed by atoms with E-state index in [-0.39, 0.29) is 17.4 Å². The van der Waals surface area contributed by atoms with Gasteiger partial charge >= 0.3 is 0 Å². The van der Waals surface area contributed by atoms with Crippen LogP contribution in [0.25, 0.3) is 0 Å². The molecule has 1 aliphatic rings. The number of fused-ring (bicyclic) bond motifs is 1. The van der Waals surface area contributed by atoms with Crippen molar-refractivity contribution in [2.75, 3.05) is 6.54 Å². The molecule has 1 aromatic heterocycles. The molecule has 0 saturated carbocycles. The Morgan fingerprint density at radius 2 is 2.29 bits per heavy atom. The highest BCUT2D eigenvalue weighted by Gasteiger charge is 2.24. The van der Waals surface area contributed by atoms with Crippen LogP contribution in [0.5, 0.6) is 0 Å². The van der Waals surface area contributed by atoms with Crippen molar-refractivity contribution in [3.63, 3.8) is 0 Å². The molecule has 1 heterocycles. The number of amides is 1. The zero-order valence-electron chi connectivity index (χ0n) is 13.5. The van der Waals surface area contributed by atoms with Crippen LogP contribution in [0.15, 0.2) is 6.07 Å². The van der Waals surface area contributed by atoms with E-state index in [4.69, 9.17) is 0 Å². The molecule has 21 heavy (non-hydrogen) atoms. The van der Waals surface area contributed by atoms with Crippen LogP contribution in [-0.4, -0.2) is 23.7 Å². The number of carbonyl (C=O) groups is 1. The molecule has 2 unspecified atom stereocenters. The first-order valence-electron chi connectivity index (χ1n) is 7.85. The van der Waals surface area contributed by atoms with Gasteiger partial charge in [0, 0.05) is 11.4 Å². The first-order valence-corrected chi connectivity index (χ1v) is 8.66. The fraction of sp³-hybridized carbons (Fsp3) is 0.706. The summed E-state index contributed by atoms with van der Waals surface area (Å²) in [7, 11) is 0. The number of hydrogen-bond acceptors (Lipinski definition) is 3. The molecule has 2 atom stereocenters. The molecule has 1 aliphatic carbocycles. The maximum absolute atomic E-state index is 12.3. The van der Waals surface area contributed by atoms with Crippen LogP contribution in [0.3, 0.4) is 0 Å². The third kappa shape index (κ3) is 4.55. The lowest BCUT2D eigenvalue weighted by molar-refractivity contribution is 0.0905. The lowest BCUT2D eigenvalue weighted by Crippen LogP contribution is -2.35.